The van der Waals surface area contributed by atoms with Crippen molar-refractivity contribution in [2.75, 3.05) is 0 Å². The number of rotatable bonds is 5. The second-order valence-electron chi connectivity index (χ2n) is 5.78. The van der Waals surface area contributed by atoms with E-state index in [0.717, 1.165) is 11.1 Å². The van der Waals surface area contributed by atoms with E-state index in [0.29, 0.717) is 12.2 Å². The van der Waals surface area contributed by atoms with Crippen molar-refractivity contribution >= 4 is 11.4 Å². The van der Waals surface area contributed by atoms with E-state index in [4.69, 9.17) is 0 Å². The maximum Gasteiger partial charge on any atom is 0.270 e. The molecule has 6 heteroatoms. The normalized spacial score (nSPS) is 12.2. The minimum Gasteiger partial charge on any atom is -0.342 e. The van der Waals surface area contributed by atoms with Crippen molar-refractivity contribution in [3.05, 3.63) is 90.8 Å². The van der Waals surface area contributed by atoms with Crippen LogP contribution in [0.25, 0.3) is 5.52 Å². The molecule has 3 aromatic heterocycles. The van der Waals surface area contributed by atoms with Crippen molar-refractivity contribution in [1.82, 2.24) is 24.5 Å². The Morgan fingerprint density at radius 1 is 1.04 bits per heavy atom. The zero-order valence-electron chi connectivity index (χ0n) is 13.5. The lowest BCUT2D eigenvalue weighted by Crippen LogP contribution is -2.32. The molecule has 0 spiro atoms. The van der Waals surface area contributed by atoms with Crippen molar-refractivity contribution < 1.29 is 4.79 Å². The number of fused-ring (bicyclic) bond motifs is 1. The summed E-state index contributed by atoms with van der Waals surface area (Å²) in [6.07, 6.45) is 7.05. The molecular formula is C19H17N5O. The van der Waals surface area contributed by atoms with Gasteiger partial charge in [-0.2, -0.15) is 5.10 Å². The number of benzene rings is 1. The molecule has 0 radical (unpaired) electrons. The lowest BCUT2D eigenvalue weighted by atomic mass is 10.1. The molecule has 0 fully saturated rings. The number of hydrogen-bond donors (Lipinski definition) is 1. The monoisotopic (exact) mass is 331 g/mol. The van der Waals surface area contributed by atoms with Crippen LogP contribution in [0.2, 0.25) is 0 Å². The number of amides is 1. The molecule has 1 amide bonds. The van der Waals surface area contributed by atoms with Crippen LogP contribution in [-0.4, -0.2) is 25.1 Å². The van der Waals surface area contributed by atoms with Gasteiger partial charge in [0.1, 0.15) is 5.69 Å². The van der Waals surface area contributed by atoms with Gasteiger partial charge in [-0.25, -0.2) is 9.50 Å². The molecule has 0 aliphatic carbocycles. The van der Waals surface area contributed by atoms with E-state index < -0.39 is 0 Å². The van der Waals surface area contributed by atoms with Gasteiger partial charge in [0, 0.05) is 18.9 Å². The third-order valence-electron chi connectivity index (χ3n) is 4.11. The second kappa shape index (κ2) is 6.60. The largest absolute Gasteiger partial charge is 0.342 e. The highest BCUT2D eigenvalue weighted by molar-refractivity contribution is 5.93. The van der Waals surface area contributed by atoms with Crippen molar-refractivity contribution in [2.45, 2.75) is 12.6 Å². The molecule has 1 atom stereocenters. The first kappa shape index (κ1) is 15.1. The molecule has 0 aliphatic rings. The summed E-state index contributed by atoms with van der Waals surface area (Å²) in [7, 11) is 0. The van der Waals surface area contributed by atoms with Crippen LogP contribution >= 0.6 is 0 Å². The number of aromatic nitrogens is 4. The Hall–Kier alpha value is -3.41. The SMILES string of the molecule is O=C(NC(Cn1ccnc1)c1ccccc1)c1cccc2ccnn12. The number of imidazole rings is 1. The molecule has 0 bridgehead atoms. The molecule has 0 saturated heterocycles. The molecule has 4 rings (SSSR count). The Morgan fingerprint density at radius 3 is 2.72 bits per heavy atom. The Balaban J connectivity index is 1.64. The summed E-state index contributed by atoms with van der Waals surface area (Å²) in [5.41, 5.74) is 2.43. The van der Waals surface area contributed by atoms with Crippen LogP contribution in [0, 0.1) is 0 Å². The van der Waals surface area contributed by atoms with Gasteiger partial charge in [0.2, 0.25) is 0 Å². The van der Waals surface area contributed by atoms with Gasteiger partial charge in [-0.3, -0.25) is 4.79 Å². The first-order valence-electron chi connectivity index (χ1n) is 8.05. The third-order valence-corrected chi connectivity index (χ3v) is 4.11. The number of carbonyl (C=O) groups is 1. The minimum absolute atomic E-state index is 0.164. The highest BCUT2D eigenvalue weighted by Crippen LogP contribution is 2.16. The average molecular weight is 331 g/mol. The van der Waals surface area contributed by atoms with E-state index in [1.807, 2.05) is 59.3 Å². The van der Waals surface area contributed by atoms with Crippen LogP contribution in [0.5, 0.6) is 0 Å². The predicted molar refractivity (Wildman–Crippen MR) is 94.1 cm³/mol. The molecule has 6 nitrogen and oxygen atoms in total. The van der Waals surface area contributed by atoms with Gasteiger partial charge in [-0.05, 0) is 23.8 Å². The van der Waals surface area contributed by atoms with Crippen LogP contribution in [0.15, 0.2) is 79.5 Å². The van der Waals surface area contributed by atoms with E-state index >= 15 is 0 Å². The summed E-state index contributed by atoms with van der Waals surface area (Å²) >= 11 is 0. The van der Waals surface area contributed by atoms with Gasteiger partial charge < -0.3 is 9.88 Å². The van der Waals surface area contributed by atoms with Crippen LogP contribution in [-0.2, 0) is 6.54 Å². The topological polar surface area (TPSA) is 64.2 Å². The van der Waals surface area contributed by atoms with E-state index in [9.17, 15) is 4.79 Å². The Bertz CT molecular complexity index is 975. The smallest absolute Gasteiger partial charge is 0.270 e. The Labute approximate surface area is 144 Å². The van der Waals surface area contributed by atoms with Crippen molar-refractivity contribution in [3.63, 3.8) is 0 Å². The summed E-state index contributed by atoms with van der Waals surface area (Å²) < 4.78 is 3.60. The van der Waals surface area contributed by atoms with E-state index in [1.165, 1.54) is 0 Å². The van der Waals surface area contributed by atoms with Crippen LogP contribution in [0.4, 0.5) is 0 Å². The number of hydrogen-bond acceptors (Lipinski definition) is 3. The summed E-state index contributed by atoms with van der Waals surface area (Å²) in [4.78, 5) is 16.9. The van der Waals surface area contributed by atoms with E-state index in [1.54, 1.807) is 29.3 Å². The highest BCUT2D eigenvalue weighted by atomic mass is 16.2. The molecule has 1 aromatic carbocycles. The third kappa shape index (κ3) is 3.14. The van der Waals surface area contributed by atoms with E-state index in [2.05, 4.69) is 15.4 Å². The fraction of sp³-hybridized carbons (Fsp3) is 0.105. The molecule has 124 valence electrons. The maximum atomic E-state index is 12.9. The summed E-state index contributed by atoms with van der Waals surface area (Å²) in [6, 6.07) is 17.2. The lowest BCUT2D eigenvalue weighted by molar-refractivity contribution is 0.0925. The molecule has 3 heterocycles. The van der Waals surface area contributed by atoms with Gasteiger partial charge in [-0.1, -0.05) is 36.4 Å². The molecule has 1 unspecified atom stereocenters. The average Bonchev–Trinajstić information content (AvgIpc) is 3.33. The molecule has 0 saturated carbocycles. The highest BCUT2D eigenvalue weighted by Gasteiger charge is 2.18. The van der Waals surface area contributed by atoms with Gasteiger partial charge >= 0.3 is 0 Å². The minimum atomic E-state index is -0.172. The van der Waals surface area contributed by atoms with Crippen molar-refractivity contribution in [2.24, 2.45) is 0 Å². The van der Waals surface area contributed by atoms with E-state index in [-0.39, 0.29) is 11.9 Å². The maximum absolute atomic E-state index is 12.9. The quantitative estimate of drug-likeness (QED) is 0.611. The standard InChI is InChI=1S/C19H17N5O/c25-19(18-8-4-7-16-9-10-21-24(16)18)22-17(13-23-12-11-20-14-23)15-5-2-1-3-6-15/h1-12,14,17H,13H2,(H,22,25). The second-order valence-corrected chi connectivity index (χ2v) is 5.78. The van der Waals surface area contributed by atoms with Crippen molar-refractivity contribution in [3.8, 4) is 0 Å². The number of nitrogens with zero attached hydrogens (tertiary/aromatic N) is 4. The van der Waals surface area contributed by atoms with Crippen LogP contribution in [0.1, 0.15) is 22.1 Å². The van der Waals surface area contributed by atoms with Crippen LogP contribution in [0.3, 0.4) is 0 Å². The van der Waals surface area contributed by atoms with Gasteiger partial charge in [-0.15, -0.1) is 0 Å². The molecule has 1 N–H and O–H groups in total. The fourth-order valence-electron chi connectivity index (χ4n) is 2.88. The number of carbonyl (C=O) groups excluding carboxylic acids is 1. The Kier molecular flexibility index (Phi) is 4.00. The van der Waals surface area contributed by atoms with Gasteiger partial charge in [0.25, 0.3) is 5.91 Å². The molecule has 0 aliphatic heterocycles. The van der Waals surface area contributed by atoms with Gasteiger partial charge in [0.15, 0.2) is 0 Å². The lowest BCUT2D eigenvalue weighted by Gasteiger charge is -2.20. The molecular weight excluding hydrogens is 314 g/mol. The summed E-state index contributed by atoms with van der Waals surface area (Å²) in [5, 5.41) is 7.36. The fourth-order valence-corrected chi connectivity index (χ4v) is 2.88. The first-order valence-corrected chi connectivity index (χ1v) is 8.05. The Morgan fingerprint density at radius 2 is 1.92 bits per heavy atom. The first-order chi connectivity index (χ1) is 12.3. The molecule has 4 aromatic rings. The number of nitrogens with one attached hydrogen (secondary N) is 1. The zero-order chi connectivity index (χ0) is 17.1. The van der Waals surface area contributed by atoms with Crippen molar-refractivity contribution in [1.29, 1.82) is 0 Å². The molecule has 25 heavy (non-hydrogen) atoms. The predicted octanol–water partition coefficient (Wildman–Crippen LogP) is 2.70. The number of pyridine rings is 1. The summed E-state index contributed by atoms with van der Waals surface area (Å²) in [6.45, 7) is 0.602. The zero-order valence-corrected chi connectivity index (χ0v) is 13.5. The van der Waals surface area contributed by atoms with Crippen LogP contribution < -0.4 is 5.32 Å². The summed E-state index contributed by atoms with van der Waals surface area (Å²) in [5.74, 6) is -0.164. The van der Waals surface area contributed by atoms with Gasteiger partial charge in [0.05, 0.1) is 24.1 Å².